The molecule has 0 aliphatic heterocycles. The molecule has 0 saturated carbocycles. The number of carboxylic acids is 1. The molecule has 0 bridgehead atoms. The topological polar surface area (TPSA) is 88.5 Å². The van der Waals surface area contributed by atoms with Gasteiger partial charge in [-0.3, -0.25) is 4.79 Å². The molecule has 1 aromatic rings. The van der Waals surface area contributed by atoms with E-state index in [9.17, 15) is 9.59 Å². The van der Waals surface area contributed by atoms with Crippen molar-refractivity contribution in [2.45, 2.75) is 13.0 Å². The Morgan fingerprint density at radius 3 is 2.94 bits per heavy atom. The average Bonchev–Trinajstić information content (AvgIpc) is 2.74. The van der Waals surface area contributed by atoms with Gasteiger partial charge in [-0.15, -0.1) is 17.9 Å². The van der Waals surface area contributed by atoms with Crippen molar-refractivity contribution in [3.05, 3.63) is 28.7 Å². The van der Waals surface area contributed by atoms with Crippen LogP contribution in [0.15, 0.2) is 18.9 Å². The number of amides is 1. The van der Waals surface area contributed by atoms with Gasteiger partial charge in [0, 0.05) is 0 Å². The maximum atomic E-state index is 11.7. The third-order valence-electron chi connectivity index (χ3n) is 1.97. The number of carbonyl (C=O) groups excluding carboxylic acids is 1. The van der Waals surface area contributed by atoms with Crippen LogP contribution in [0.25, 0.3) is 0 Å². The molecule has 1 aromatic heterocycles. The molecule has 1 rings (SSSR count). The fourth-order valence-corrected chi connectivity index (χ4v) is 1.82. The van der Waals surface area contributed by atoms with E-state index in [4.69, 9.17) is 9.84 Å². The molecule has 2 N–H and O–H groups in total. The van der Waals surface area contributed by atoms with Crippen molar-refractivity contribution < 1.29 is 19.4 Å². The van der Waals surface area contributed by atoms with Crippen LogP contribution in [0.3, 0.4) is 0 Å². The predicted molar refractivity (Wildman–Crippen MR) is 66.8 cm³/mol. The van der Waals surface area contributed by atoms with Crippen molar-refractivity contribution in [3.63, 3.8) is 0 Å². The van der Waals surface area contributed by atoms with Crippen LogP contribution >= 0.6 is 11.3 Å². The zero-order chi connectivity index (χ0) is 13.5. The number of aromatic nitrogens is 1. The summed E-state index contributed by atoms with van der Waals surface area (Å²) in [5.41, 5.74) is 0. The lowest BCUT2D eigenvalue weighted by Crippen LogP contribution is -2.43. The summed E-state index contributed by atoms with van der Waals surface area (Å²) in [6.07, 6.45) is 2.92. The van der Waals surface area contributed by atoms with Crippen LogP contribution in [0.2, 0.25) is 0 Å². The molecular formula is C11H14N2O4S. The van der Waals surface area contributed by atoms with E-state index in [2.05, 4.69) is 16.9 Å². The number of aliphatic carboxylic acids is 1. The van der Waals surface area contributed by atoms with Crippen LogP contribution in [-0.2, 0) is 9.53 Å². The van der Waals surface area contributed by atoms with Crippen molar-refractivity contribution in [3.8, 4) is 0 Å². The van der Waals surface area contributed by atoms with E-state index in [0.29, 0.717) is 4.88 Å². The fraction of sp³-hybridized carbons (Fsp3) is 0.364. The number of nitrogens with one attached hydrogen (secondary N) is 1. The second-order valence-electron chi connectivity index (χ2n) is 3.43. The molecule has 0 aromatic carbocycles. The quantitative estimate of drug-likeness (QED) is 0.566. The van der Waals surface area contributed by atoms with Crippen molar-refractivity contribution in [1.82, 2.24) is 10.3 Å². The zero-order valence-electron chi connectivity index (χ0n) is 9.88. The lowest BCUT2D eigenvalue weighted by molar-refractivity contribution is -0.140. The molecule has 7 heteroatoms. The van der Waals surface area contributed by atoms with Gasteiger partial charge in [0.15, 0.2) is 6.04 Å². The molecule has 0 radical (unpaired) electrons. The Morgan fingerprint density at radius 2 is 2.44 bits per heavy atom. The molecule has 6 nitrogen and oxygen atoms in total. The van der Waals surface area contributed by atoms with Gasteiger partial charge >= 0.3 is 5.97 Å². The number of carboxylic acid groups (broad SMARTS) is 1. The van der Waals surface area contributed by atoms with Gasteiger partial charge < -0.3 is 15.2 Å². The van der Waals surface area contributed by atoms with Gasteiger partial charge in [-0.25, -0.2) is 9.78 Å². The van der Waals surface area contributed by atoms with Crippen LogP contribution in [0.5, 0.6) is 0 Å². The van der Waals surface area contributed by atoms with E-state index < -0.39 is 17.9 Å². The SMILES string of the molecule is C=CCOCC(NC(=O)c1cnc(C)s1)C(=O)O. The molecule has 98 valence electrons. The van der Waals surface area contributed by atoms with Crippen molar-refractivity contribution in [1.29, 1.82) is 0 Å². The van der Waals surface area contributed by atoms with Gasteiger partial charge in [-0.2, -0.15) is 0 Å². The number of carbonyl (C=O) groups is 2. The first-order valence-electron chi connectivity index (χ1n) is 5.19. The summed E-state index contributed by atoms with van der Waals surface area (Å²) in [6.45, 7) is 5.34. The summed E-state index contributed by atoms with van der Waals surface area (Å²) in [6, 6.07) is -1.08. The molecule has 0 fully saturated rings. The van der Waals surface area contributed by atoms with Gasteiger partial charge in [0.25, 0.3) is 5.91 Å². The lowest BCUT2D eigenvalue weighted by Gasteiger charge is -2.13. The van der Waals surface area contributed by atoms with Crippen LogP contribution in [-0.4, -0.2) is 41.2 Å². The van der Waals surface area contributed by atoms with Crippen molar-refractivity contribution >= 4 is 23.2 Å². The minimum atomic E-state index is -1.14. The van der Waals surface area contributed by atoms with Crippen LogP contribution in [0, 0.1) is 6.92 Å². The van der Waals surface area contributed by atoms with Crippen molar-refractivity contribution in [2.75, 3.05) is 13.2 Å². The normalized spacial score (nSPS) is 11.8. The largest absolute Gasteiger partial charge is 0.480 e. The molecule has 1 atom stereocenters. The van der Waals surface area contributed by atoms with Gasteiger partial charge in [-0.05, 0) is 6.92 Å². The Hall–Kier alpha value is -1.73. The number of nitrogens with zero attached hydrogens (tertiary/aromatic N) is 1. The Labute approximate surface area is 108 Å². The Bertz CT molecular complexity index is 444. The second kappa shape index (κ2) is 6.87. The van der Waals surface area contributed by atoms with Crippen LogP contribution in [0.4, 0.5) is 0 Å². The van der Waals surface area contributed by atoms with E-state index >= 15 is 0 Å². The van der Waals surface area contributed by atoms with E-state index in [1.54, 1.807) is 6.92 Å². The summed E-state index contributed by atoms with van der Waals surface area (Å²) in [5, 5.41) is 12.1. The number of hydrogen-bond acceptors (Lipinski definition) is 5. The highest BCUT2D eigenvalue weighted by atomic mass is 32.1. The molecule has 0 aliphatic carbocycles. The number of rotatable bonds is 7. The Morgan fingerprint density at radius 1 is 1.72 bits per heavy atom. The van der Waals surface area contributed by atoms with Crippen LogP contribution < -0.4 is 5.32 Å². The molecule has 1 heterocycles. The van der Waals surface area contributed by atoms with Crippen LogP contribution in [0.1, 0.15) is 14.7 Å². The molecule has 0 aliphatic rings. The summed E-state index contributed by atoms with van der Waals surface area (Å²) >= 11 is 1.20. The highest BCUT2D eigenvalue weighted by molar-refractivity contribution is 7.13. The van der Waals surface area contributed by atoms with Gasteiger partial charge in [0.1, 0.15) is 4.88 Å². The molecular weight excluding hydrogens is 256 g/mol. The summed E-state index contributed by atoms with van der Waals surface area (Å²) < 4.78 is 5.02. The Kier molecular flexibility index (Phi) is 5.47. The minimum absolute atomic E-state index is 0.106. The molecule has 0 saturated heterocycles. The van der Waals surface area contributed by atoms with E-state index in [0.717, 1.165) is 5.01 Å². The number of aryl methyl sites for hydroxylation is 1. The smallest absolute Gasteiger partial charge is 0.328 e. The fourth-order valence-electron chi connectivity index (χ4n) is 1.14. The Balaban J connectivity index is 2.57. The highest BCUT2D eigenvalue weighted by Crippen LogP contribution is 2.11. The first kappa shape index (κ1) is 14.3. The molecule has 18 heavy (non-hydrogen) atoms. The number of ether oxygens (including phenoxy) is 1. The maximum Gasteiger partial charge on any atom is 0.328 e. The number of thiazole rings is 1. The van der Waals surface area contributed by atoms with Gasteiger partial charge in [0.2, 0.25) is 0 Å². The second-order valence-corrected chi connectivity index (χ2v) is 4.67. The standard InChI is InChI=1S/C11H14N2O4S/c1-3-4-17-6-8(11(15)16)13-10(14)9-5-12-7(2)18-9/h3,5,8H,1,4,6H2,2H3,(H,13,14)(H,15,16). The van der Waals surface area contributed by atoms with Gasteiger partial charge in [-0.1, -0.05) is 6.08 Å². The van der Waals surface area contributed by atoms with E-state index in [1.807, 2.05) is 0 Å². The number of hydrogen-bond donors (Lipinski definition) is 2. The van der Waals surface area contributed by atoms with E-state index in [-0.39, 0.29) is 13.2 Å². The van der Waals surface area contributed by atoms with E-state index in [1.165, 1.54) is 23.6 Å². The summed E-state index contributed by atoms with van der Waals surface area (Å²) in [7, 11) is 0. The molecule has 1 amide bonds. The monoisotopic (exact) mass is 270 g/mol. The highest BCUT2D eigenvalue weighted by Gasteiger charge is 2.21. The first-order valence-corrected chi connectivity index (χ1v) is 6.01. The minimum Gasteiger partial charge on any atom is -0.480 e. The third-order valence-corrected chi connectivity index (χ3v) is 2.88. The third kappa shape index (κ3) is 4.27. The lowest BCUT2D eigenvalue weighted by atomic mass is 10.3. The predicted octanol–water partition coefficient (Wildman–Crippen LogP) is 0.837. The van der Waals surface area contributed by atoms with Crippen molar-refractivity contribution in [2.24, 2.45) is 0 Å². The average molecular weight is 270 g/mol. The van der Waals surface area contributed by atoms with Gasteiger partial charge in [0.05, 0.1) is 24.4 Å². The summed E-state index contributed by atoms with van der Waals surface area (Å²) in [5.74, 6) is -1.61. The summed E-state index contributed by atoms with van der Waals surface area (Å²) in [4.78, 5) is 27.0. The maximum absolute atomic E-state index is 11.7. The molecule has 1 unspecified atom stereocenters. The zero-order valence-corrected chi connectivity index (χ0v) is 10.7. The first-order chi connectivity index (χ1) is 8.54. The molecule has 0 spiro atoms.